The van der Waals surface area contributed by atoms with Crippen LogP contribution in [0.25, 0.3) is 0 Å². The second-order valence-corrected chi connectivity index (χ2v) is 3.50. The third-order valence-electron chi connectivity index (χ3n) is 1.47. The van der Waals surface area contributed by atoms with Crippen LogP contribution in [0.15, 0.2) is 22.7 Å². The van der Waals surface area contributed by atoms with Crippen LogP contribution in [-0.2, 0) is 6.32 Å². The van der Waals surface area contributed by atoms with Crippen molar-refractivity contribution in [2.45, 2.75) is 6.32 Å². The zero-order chi connectivity index (χ0) is 10.1. The average Bonchev–Trinajstić information content (AvgIpc) is 1.93. The highest BCUT2D eigenvalue weighted by Crippen LogP contribution is 2.23. The van der Waals surface area contributed by atoms with E-state index >= 15 is 0 Å². The molecule has 0 aliphatic carbocycles. The van der Waals surface area contributed by atoms with Crippen molar-refractivity contribution in [3.63, 3.8) is 0 Å². The molecule has 0 nitrogen and oxygen atoms in total. The third-order valence-corrected chi connectivity index (χ3v) is 2.20. The molecule has 1 aromatic rings. The summed E-state index contributed by atoms with van der Waals surface area (Å²) in [6.45, 7) is -4.86. The second-order valence-electron chi connectivity index (χ2n) is 2.65. The lowest BCUT2D eigenvalue weighted by Crippen LogP contribution is -2.19. The Hall–Kier alpha value is -0.515. The van der Waals surface area contributed by atoms with Gasteiger partial charge in [0.15, 0.2) is 0 Å². The van der Waals surface area contributed by atoms with Gasteiger partial charge < -0.3 is 12.9 Å². The van der Waals surface area contributed by atoms with Crippen molar-refractivity contribution in [2.24, 2.45) is 0 Å². The first-order valence-electron chi connectivity index (χ1n) is 3.53. The summed E-state index contributed by atoms with van der Waals surface area (Å²) in [4.78, 5) is 0. The maximum Gasteiger partial charge on any atom is 0.482 e. The van der Waals surface area contributed by atoms with Gasteiger partial charge in [0.25, 0.3) is 0 Å². The molecule has 0 saturated carbocycles. The summed E-state index contributed by atoms with van der Waals surface area (Å²) in [7, 11) is 0. The van der Waals surface area contributed by atoms with E-state index < -0.39 is 19.1 Å². The summed E-state index contributed by atoms with van der Waals surface area (Å²) in [6.07, 6.45) is -0.985. The minimum Gasteiger partial charge on any atom is -0.449 e. The van der Waals surface area contributed by atoms with Crippen LogP contribution in [0.3, 0.4) is 0 Å². The lowest BCUT2D eigenvalue weighted by atomic mass is 9.82. The fourth-order valence-electron chi connectivity index (χ4n) is 0.937. The first-order valence-corrected chi connectivity index (χ1v) is 4.33. The molecule has 72 valence electrons. The Morgan fingerprint density at radius 2 is 1.85 bits per heavy atom. The summed E-state index contributed by atoms with van der Waals surface area (Å²) in [5.41, 5.74) is 0.0638. The van der Waals surface area contributed by atoms with Crippen molar-refractivity contribution in [2.75, 3.05) is 0 Å². The SMILES string of the molecule is Fc1ccc(C[B-](F)(F)F)c(Br)c1. The Bertz CT molecular complexity index is 310. The molecule has 0 heterocycles. The highest BCUT2D eigenvalue weighted by atomic mass is 79.9. The molecule has 0 radical (unpaired) electrons. The van der Waals surface area contributed by atoms with Crippen molar-refractivity contribution < 1.29 is 17.3 Å². The molecule has 0 aromatic heterocycles. The number of halogens is 5. The molecule has 0 saturated heterocycles. The van der Waals surface area contributed by atoms with Crippen LogP contribution in [0.2, 0.25) is 0 Å². The number of benzene rings is 1. The fourth-order valence-corrected chi connectivity index (χ4v) is 1.45. The summed E-state index contributed by atoms with van der Waals surface area (Å²) in [6, 6.07) is 3.17. The van der Waals surface area contributed by atoms with Gasteiger partial charge in [0, 0.05) is 4.47 Å². The van der Waals surface area contributed by atoms with Crippen LogP contribution in [0.4, 0.5) is 17.3 Å². The van der Waals surface area contributed by atoms with E-state index in [9.17, 15) is 17.3 Å². The zero-order valence-electron chi connectivity index (χ0n) is 6.41. The van der Waals surface area contributed by atoms with Crippen LogP contribution >= 0.6 is 15.9 Å². The molecule has 0 aliphatic rings. The first kappa shape index (κ1) is 10.6. The van der Waals surface area contributed by atoms with Crippen molar-refractivity contribution in [3.8, 4) is 0 Å². The molecule has 0 atom stereocenters. The van der Waals surface area contributed by atoms with Gasteiger partial charge in [-0.2, -0.15) is 0 Å². The molecule has 1 rings (SSSR count). The van der Waals surface area contributed by atoms with E-state index in [4.69, 9.17) is 0 Å². The Morgan fingerprint density at radius 1 is 1.23 bits per heavy atom. The largest absolute Gasteiger partial charge is 0.482 e. The Kier molecular flexibility index (Phi) is 3.00. The average molecular weight is 256 g/mol. The maximum absolute atomic E-state index is 12.5. The monoisotopic (exact) mass is 255 g/mol. The summed E-state index contributed by atoms with van der Waals surface area (Å²) >= 11 is 2.87. The van der Waals surface area contributed by atoms with Gasteiger partial charge in [-0.3, -0.25) is 0 Å². The van der Waals surface area contributed by atoms with Gasteiger partial charge in [0.05, 0.1) is 0 Å². The van der Waals surface area contributed by atoms with Crippen molar-refractivity contribution in [1.82, 2.24) is 0 Å². The number of hydrogen-bond acceptors (Lipinski definition) is 0. The molecular weight excluding hydrogens is 251 g/mol. The predicted molar refractivity (Wildman–Crippen MR) is 46.9 cm³/mol. The maximum atomic E-state index is 12.5. The zero-order valence-corrected chi connectivity index (χ0v) is 7.99. The molecule has 0 N–H and O–H groups in total. The van der Waals surface area contributed by atoms with Gasteiger partial charge in [0.2, 0.25) is 0 Å². The standard InChI is InChI=1S/C7H5BBrF4/c9-7-3-6(10)2-1-5(7)4-8(11,12)13/h1-3H,4H2/q-1. The Morgan fingerprint density at radius 3 is 2.31 bits per heavy atom. The minimum absolute atomic E-state index is 0.0638. The van der Waals surface area contributed by atoms with E-state index in [0.29, 0.717) is 0 Å². The first-order chi connectivity index (χ1) is 5.88. The quantitative estimate of drug-likeness (QED) is 0.560. The highest BCUT2D eigenvalue weighted by Gasteiger charge is 2.24. The second kappa shape index (κ2) is 3.70. The fraction of sp³-hybridized carbons (Fsp3) is 0.143. The van der Waals surface area contributed by atoms with Crippen molar-refractivity contribution >= 4 is 22.9 Å². The number of rotatable bonds is 2. The molecule has 0 aliphatic heterocycles. The normalized spacial score (nSPS) is 11.8. The molecule has 1 aromatic carbocycles. The van der Waals surface area contributed by atoms with E-state index in [1.54, 1.807) is 0 Å². The Balaban J connectivity index is 2.90. The third kappa shape index (κ3) is 3.38. The topological polar surface area (TPSA) is 0 Å². The van der Waals surface area contributed by atoms with Crippen molar-refractivity contribution in [1.29, 1.82) is 0 Å². The molecule has 6 heteroatoms. The number of hydrogen-bond donors (Lipinski definition) is 0. The summed E-state index contributed by atoms with van der Waals surface area (Å²) in [5, 5.41) is 0. The highest BCUT2D eigenvalue weighted by molar-refractivity contribution is 9.10. The molecular formula is C7H5BBrF4-. The van der Waals surface area contributed by atoms with E-state index in [1.165, 1.54) is 0 Å². The lowest BCUT2D eigenvalue weighted by Gasteiger charge is -2.14. The van der Waals surface area contributed by atoms with Gasteiger partial charge in [0.1, 0.15) is 5.82 Å². The van der Waals surface area contributed by atoms with E-state index in [-0.39, 0.29) is 10.0 Å². The van der Waals surface area contributed by atoms with Gasteiger partial charge in [-0.1, -0.05) is 33.9 Å². The molecule has 0 bridgehead atoms. The van der Waals surface area contributed by atoms with E-state index in [2.05, 4.69) is 15.9 Å². The summed E-state index contributed by atoms with van der Waals surface area (Å²) < 4.78 is 48.5. The molecule has 0 fully saturated rings. The summed E-state index contributed by atoms with van der Waals surface area (Å²) in [5.74, 6) is -0.551. The van der Waals surface area contributed by atoms with Crippen LogP contribution in [0, 0.1) is 5.82 Å². The van der Waals surface area contributed by atoms with Gasteiger partial charge in [-0.05, 0) is 12.1 Å². The van der Waals surface area contributed by atoms with E-state index in [1.807, 2.05) is 0 Å². The molecule has 0 unspecified atom stereocenters. The van der Waals surface area contributed by atoms with Gasteiger partial charge >= 0.3 is 6.98 Å². The predicted octanol–water partition coefficient (Wildman–Crippen LogP) is 3.52. The van der Waals surface area contributed by atoms with Crippen LogP contribution in [0.1, 0.15) is 5.56 Å². The minimum atomic E-state index is -4.86. The Labute approximate surface area is 81.1 Å². The lowest BCUT2D eigenvalue weighted by molar-refractivity contribution is 0.468. The molecule has 0 spiro atoms. The molecule has 13 heavy (non-hydrogen) atoms. The van der Waals surface area contributed by atoms with Crippen LogP contribution < -0.4 is 0 Å². The smallest absolute Gasteiger partial charge is 0.449 e. The van der Waals surface area contributed by atoms with Crippen molar-refractivity contribution in [3.05, 3.63) is 34.1 Å². The molecule has 0 amide bonds. The van der Waals surface area contributed by atoms with Gasteiger partial charge in [-0.15, -0.1) is 0 Å². The van der Waals surface area contributed by atoms with Crippen LogP contribution in [-0.4, -0.2) is 6.98 Å². The van der Waals surface area contributed by atoms with Crippen LogP contribution in [0.5, 0.6) is 0 Å². The van der Waals surface area contributed by atoms with E-state index in [0.717, 1.165) is 18.2 Å². The van der Waals surface area contributed by atoms with Gasteiger partial charge in [-0.25, -0.2) is 4.39 Å².